The van der Waals surface area contributed by atoms with Crippen molar-refractivity contribution in [2.45, 2.75) is 150 Å². The van der Waals surface area contributed by atoms with Crippen LogP contribution in [0.1, 0.15) is 144 Å². The number of rotatable bonds is 27. The second kappa shape index (κ2) is 25.9. The maximum absolute atomic E-state index is 12.4. The summed E-state index contributed by atoms with van der Waals surface area (Å²) in [6.07, 6.45) is 18.4. The topological polar surface area (TPSA) is 83.5 Å². The Labute approximate surface area is 264 Å². The molecule has 0 radical (unpaired) electrons. The third-order valence-corrected chi connectivity index (χ3v) is 8.60. The van der Waals surface area contributed by atoms with Crippen LogP contribution in [0, 0.1) is 11.3 Å². The Balaban J connectivity index is 2.27. The highest BCUT2D eigenvalue weighted by Crippen LogP contribution is 2.37. The minimum absolute atomic E-state index is 0.106. The van der Waals surface area contributed by atoms with Crippen molar-refractivity contribution in [1.82, 2.24) is 4.90 Å². The molecule has 0 aromatic rings. The average Bonchev–Trinajstić information content (AvgIpc) is 3.02. The van der Waals surface area contributed by atoms with Crippen LogP contribution >= 0.6 is 0 Å². The molecule has 1 aliphatic rings. The molecule has 1 unspecified atom stereocenters. The summed E-state index contributed by atoms with van der Waals surface area (Å²) in [5.41, 5.74) is 0.106. The molecule has 1 fully saturated rings. The van der Waals surface area contributed by atoms with Gasteiger partial charge >= 0.3 is 12.1 Å². The number of ether oxygens (including phenoxy) is 5. The molecule has 254 valence electrons. The minimum atomic E-state index is -0.673. The van der Waals surface area contributed by atoms with Crippen LogP contribution in [0.3, 0.4) is 0 Å². The summed E-state index contributed by atoms with van der Waals surface area (Å²) in [7, 11) is 0. The van der Waals surface area contributed by atoms with Crippen molar-refractivity contribution in [3.63, 3.8) is 0 Å². The lowest BCUT2D eigenvalue weighted by Gasteiger charge is -2.40. The third kappa shape index (κ3) is 20.3. The van der Waals surface area contributed by atoms with E-state index in [0.717, 1.165) is 52.1 Å². The smallest absolute Gasteiger partial charge is 0.465 e. The SMILES string of the molecule is CCCCCCCCC1(CCCCCCCC)COC(CCC(=O)OCC(C)COC(=O)OCCCN(CC)CC)OC1. The van der Waals surface area contributed by atoms with E-state index in [9.17, 15) is 9.59 Å². The molecule has 0 aromatic heterocycles. The molecule has 0 spiro atoms. The summed E-state index contributed by atoms with van der Waals surface area (Å²) in [5.74, 6) is -0.395. The number of nitrogens with zero attached hydrogens (tertiary/aromatic N) is 1. The molecule has 1 saturated heterocycles. The monoisotopic (exact) mass is 613 g/mol. The highest BCUT2D eigenvalue weighted by atomic mass is 16.7. The van der Waals surface area contributed by atoms with Crippen LogP contribution in [0.4, 0.5) is 4.79 Å². The fourth-order valence-corrected chi connectivity index (χ4v) is 5.60. The Morgan fingerprint density at radius 3 is 1.84 bits per heavy atom. The molecule has 0 saturated carbocycles. The lowest BCUT2D eigenvalue weighted by molar-refractivity contribution is -0.236. The molecule has 43 heavy (non-hydrogen) atoms. The van der Waals surface area contributed by atoms with Crippen LogP contribution in [0.2, 0.25) is 0 Å². The second-order valence-corrected chi connectivity index (χ2v) is 12.7. The van der Waals surface area contributed by atoms with Crippen LogP contribution in [-0.4, -0.2) is 76.0 Å². The van der Waals surface area contributed by atoms with Crippen LogP contribution in [0.5, 0.6) is 0 Å². The highest BCUT2D eigenvalue weighted by Gasteiger charge is 2.36. The number of unbranched alkanes of at least 4 members (excludes halogenated alkanes) is 10. The lowest BCUT2D eigenvalue weighted by Crippen LogP contribution is -2.42. The van der Waals surface area contributed by atoms with Gasteiger partial charge in [-0.25, -0.2) is 4.79 Å². The Morgan fingerprint density at radius 1 is 0.744 bits per heavy atom. The van der Waals surface area contributed by atoms with Crippen LogP contribution < -0.4 is 0 Å². The summed E-state index contributed by atoms with van der Waals surface area (Å²) in [6, 6.07) is 0. The molecular formula is C35H67NO7. The molecule has 8 nitrogen and oxygen atoms in total. The quantitative estimate of drug-likeness (QED) is 0.0672. The minimum Gasteiger partial charge on any atom is -0.465 e. The van der Waals surface area contributed by atoms with Crippen molar-refractivity contribution in [3.05, 3.63) is 0 Å². The lowest BCUT2D eigenvalue weighted by atomic mass is 9.78. The van der Waals surface area contributed by atoms with Gasteiger partial charge in [0.2, 0.25) is 0 Å². The van der Waals surface area contributed by atoms with Gasteiger partial charge in [-0.1, -0.05) is 112 Å². The first-order valence-corrected chi connectivity index (χ1v) is 17.8. The number of carbonyl (C=O) groups is 2. The third-order valence-electron chi connectivity index (χ3n) is 8.60. The van der Waals surface area contributed by atoms with Gasteiger partial charge in [0, 0.05) is 24.3 Å². The Kier molecular flexibility index (Phi) is 23.9. The molecule has 0 aromatic carbocycles. The van der Waals surface area contributed by atoms with E-state index >= 15 is 0 Å². The number of esters is 1. The van der Waals surface area contributed by atoms with E-state index < -0.39 is 6.16 Å². The van der Waals surface area contributed by atoms with Gasteiger partial charge < -0.3 is 28.6 Å². The first kappa shape index (κ1) is 39.6. The maximum Gasteiger partial charge on any atom is 0.508 e. The van der Waals surface area contributed by atoms with Gasteiger partial charge in [-0.3, -0.25) is 4.79 Å². The van der Waals surface area contributed by atoms with E-state index in [1.54, 1.807) is 0 Å². The van der Waals surface area contributed by atoms with Crippen LogP contribution in [0.25, 0.3) is 0 Å². The summed E-state index contributed by atoms with van der Waals surface area (Å²) < 4.78 is 28.1. The molecule has 0 aliphatic carbocycles. The zero-order chi connectivity index (χ0) is 31.6. The molecule has 8 heteroatoms. The van der Waals surface area contributed by atoms with Gasteiger partial charge in [-0.2, -0.15) is 0 Å². The zero-order valence-corrected chi connectivity index (χ0v) is 28.6. The van der Waals surface area contributed by atoms with Crippen molar-refractivity contribution in [3.8, 4) is 0 Å². The first-order chi connectivity index (χ1) is 20.9. The molecule has 1 atom stereocenters. The second-order valence-electron chi connectivity index (χ2n) is 12.7. The predicted molar refractivity (Wildman–Crippen MR) is 173 cm³/mol. The maximum atomic E-state index is 12.4. The van der Waals surface area contributed by atoms with E-state index in [1.165, 1.54) is 77.0 Å². The Bertz CT molecular complexity index is 659. The van der Waals surface area contributed by atoms with E-state index in [2.05, 4.69) is 32.6 Å². The van der Waals surface area contributed by atoms with Crippen molar-refractivity contribution in [2.75, 3.05) is 52.7 Å². The summed E-state index contributed by atoms with van der Waals surface area (Å²) in [4.78, 5) is 26.5. The van der Waals surface area contributed by atoms with E-state index in [1.807, 2.05) is 6.92 Å². The van der Waals surface area contributed by atoms with E-state index in [0.29, 0.717) is 13.0 Å². The summed E-state index contributed by atoms with van der Waals surface area (Å²) >= 11 is 0. The normalized spacial score (nSPS) is 15.9. The molecule has 0 amide bonds. The number of hydrogen-bond donors (Lipinski definition) is 0. The predicted octanol–water partition coefficient (Wildman–Crippen LogP) is 8.69. The molecule has 0 N–H and O–H groups in total. The molecule has 0 bridgehead atoms. The highest BCUT2D eigenvalue weighted by molar-refractivity contribution is 5.69. The number of hydrogen-bond acceptors (Lipinski definition) is 8. The molecule has 1 rings (SSSR count). The number of carbonyl (C=O) groups excluding carboxylic acids is 2. The van der Waals surface area contributed by atoms with Crippen LogP contribution in [0.15, 0.2) is 0 Å². The van der Waals surface area contributed by atoms with Crippen LogP contribution in [-0.2, 0) is 28.5 Å². The standard InChI is InChI=1S/C35H67NO7/c1-6-10-12-14-16-18-23-35(24-19-17-15-13-11-7-2)29-42-33(43-30-35)22-21-32(37)40-27-31(5)28-41-34(38)39-26-20-25-36(8-3)9-4/h31,33H,6-30H2,1-5H3. The van der Waals surface area contributed by atoms with E-state index in [4.69, 9.17) is 23.7 Å². The van der Waals surface area contributed by atoms with Crippen molar-refractivity contribution >= 4 is 12.1 Å². The summed E-state index contributed by atoms with van der Waals surface area (Å²) in [6.45, 7) is 15.6. The molecule has 1 aliphatic heterocycles. The zero-order valence-electron chi connectivity index (χ0n) is 28.6. The van der Waals surface area contributed by atoms with Gasteiger partial charge in [0.15, 0.2) is 6.29 Å². The van der Waals surface area contributed by atoms with Gasteiger partial charge in [-0.05, 0) is 32.4 Å². The Morgan fingerprint density at radius 2 is 1.28 bits per heavy atom. The van der Waals surface area contributed by atoms with Gasteiger partial charge in [0.1, 0.15) is 6.61 Å². The van der Waals surface area contributed by atoms with Gasteiger partial charge in [0.05, 0.1) is 32.8 Å². The molecular weight excluding hydrogens is 546 g/mol. The van der Waals surface area contributed by atoms with E-state index in [-0.39, 0.29) is 43.2 Å². The average molecular weight is 614 g/mol. The first-order valence-electron chi connectivity index (χ1n) is 17.8. The fraction of sp³-hybridized carbons (Fsp3) is 0.943. The largest absolute Gasteiger partial charge is 0.508 e. The molecule has 1 heterocycles. The Hall–Kier alpha value is -1.38. The van der Waals surface area contributed by atoms with Crippen molar-refractivity contribution in [2.24, 2.45) is 11.3 Å². The fourth-order valence-electron chi connectivity index (χ4n) is 5.60. The summed E-state index contributed by atoms with van der Waals surface area (Å²) in [5, 5.41) is 0. The van der Waals surface area contributed by atoms with Gasteiger partial charge in [-0.15, -0.1) is 0 Å². The van der Waals surface area contributed by atoms with Gasteiger partial charge in [0.25, 0.3) is 0 Å². The van der Waals surface area contributed by atoms with Crippen molar-refractivity contribution in [1.29, 1.82) is 0 Å². The van der Waals surface area contributed by atoms with Crippen molar-refractivity contribution < 1.29 is 33.3 Å².